The fourth-order valence-corrected chi connectivity index (χ4v) is 4.78. The van der Waals surface area contributed by atoms with E-state index >= 15 is 4.39 Å². The molecule has 4 heterocycles. The standard InChI is InChI=1S/C27H22F4N6O3/c1-2-36-22-21(10-11-32-25(22)35-26(36)38)40-20-9-8-15(12-18(20)28)34-19-14-39-23(19)17-13-33-37(24(17)27(29,30)31)16-6-4-3-5-7-16/h3-13,19,23,34H,2,14H2,1H3,(H,32,35,38). The highest BCUT2D eigenvalue weighted by atomic mass is 19.4. The maximum absolute atomic E-state index is 15.1. The first-order chi connectivity index (χ1) is 19.2. The van der Waals surface area contributed by atoms with Crippen LogP contribution in [0.5, 0.6) is 11.5 Å². The molecule has 40 heavy (non-hydrogen) atoms. The van der Waals surface area contributed by atoms with Crippen LogP contribution in [0.25, 0.3) is 16.9 Å². The number of hydrogen-bond acceptors (Lipinski definition) is 6. The minimum atomic E-state index is -4.68. The average Bonchev–Trinajstić information content (AvgIpc) is 3.49. The summed E-state index contributed by atoms with van der Waals surface area (Å²) in [5, 5.41) is 7.03. The molecule has 0 spiro atoms. The van der Waals surface area contributed by atoms with Gasteiger partial charge in [-0.25, -0.2) is 18.9 Å². The van der Waals surface area contributed by atoms with E-state index in [1.807, 2.05) is 0 Å². The Balaban J connectivity index is 1.23. The van der Waals surface area contributed by atoms with Gasteiger partial charge in [0.25, 0.3) is 0 Å². The highest BCUT2D eigenvalue weighted by Crippen LogP contribution is 2.42. The van der Waals surface area contributed by atoms with Crippen LogP contribution in [0.2, 0.25) is 0 Å². The Hall–Kier alpha value is -4.65. The van der Waals surface area contributed by atoms with Gasteiger partial charge < -0.3 is 14.8 Å². The number of rotatable bonds is 7. The number of fused-ring (bicyclic) bond motifs is 1. The van der Waals surface area contributed by atoms with Gasteiger partial charge in [-0.3, -0.25) is 9.55 Å². The number of pyridine rings is 1. The van der Waals surface area contributed by atoms with Crippen molar-refractivity contribution in [3.63, 3.8) is 0 Å². The van der Waals surface area contributed by atoms with Gasteiger partial charge in [0.2, 0.25) is 0 Å². The lowest BCUT2D eigenvalue weighted by molar-refractivity contribution is -0.147. The first kappa shape index (κ1) is 25.6. The largest absolute Gasteiger partial charge is 0.452 e. The van der Waals surface area contributed by atoms with E-state index in [1.54, 1.807) is 31.2 Å². The third-order valence-electron chi connectivity index (χ3n) is 6.64. The number of halogens is 4. The molecule has 2 N–H and O–H groups in total. The third-order valence-corrected chi connectivity index (χ3v) is 6.64. The molecule has 1 aliphatic rings. The Morgan fingerprint density at radius 3 is 2.62 bits per heavy atom. The zero-order chi connectivity index (χ0) is 28.0. The summed E-state index contributed by atoms with van der Waals surface area (Å²) >= 11 is 0. The van der Waals surface area contributed by atoms with E-state index in [0.29, 0.717) is 23.4 Å². The predicted molar refractivity (Wildman–Crippen MR) is 137 cm³/mol. The molecule has 3 aromatic heterocycles. The molecular formula is C27H22F4N6O3. The van der Waals surface area contributed by atoms with E-state index in [4.69, 9.17) is 9.47 Å². The molecule has 6 rings (SSSR count). The van der Waals surface area contributed by atoms with E-state index in [2.05, 4.69) is 20.4 Å². The lowest BCUT2D eigenvalue weighted by atomic mass is 9.97. The molecule has 2 aromatic carbocycles. The van der Waals surface area contributed by atoms with E-state index in [-0.39, 0.29) is 35.0 Å². The summed E-state index contributed by atoms with van der Waals surface area (Å²) in [5.41, 5.74) is -0.0830. The van der Waals surface area contributed by atoms with E-state index in [1.165, 1.54) is 41.1 Å². The van der Waals surface area contributed by atoms with Crippen LogP contribution in [-0.4, -0.2) is 37.0 Å². The lowest BCUT2D eigenvalue weighted by Gasteiger charge is -2.38. The van der Waals surface area contributed by atoms with Crippen molar-refractivity contribution in [1.29, 1.82) is 0 Å². The van der Waals surface area contributed by atoms with Crippen LogP contribution in [0, 0.1) is 5.82 Å². The number of aromatic amines is 1. The molecular weight excluding hydrogens is 532 g/mol. The Morgan fingerprint density at radius 1 is 1.15 bits per heavy atom. The minimum Gasteiger partial charge on any atom is -0.452 e. The molecule has 1 saturated heterocycles. The molecule has 0 saturated carbocycles. The number of anilines is 1. The van der Waals surface area contributed by atoms with Crippen LogP contribution < -0.4 is 15.7 Å². The summed E-state index contributed by atoms with van der Waals surface area (Å²) in [6.07, 6.45) is -3.04. The van der Waals surface area contributed by atoms with Gasteiger partial charge in [0.05, 0.1) is 24.5 Å². The van der Waals surface area contributed by atoms with Crippen LogP contribution >= 0.6 is 0 Å². The number of nitrogens with zero attached hydrogens (tertiary/aromatic N) is 4. The van der Waals surface area contributed by atoms with E-state index in [9.17, 15) is 18.0 Å². The minimum absolute atomic E-state index is 0.0979. The Bertz CT molecular complexity index is 1750. The number of H-pyrrole nitrogens is 1. The number of aryl methyl sites for hydroxylation is 1. The van der Waals surface area contributed by atoms with Gasteiger partial charge in [-0.15, -0.1) is 0 Å². The van der Waals surface area contributed by atoms with Crippen LogP contribution in [0.4, 0.5) is 23.2 Å². The molecule has 1 aliphatic heterocycles. The molecule has 0 aliphatic carbocycles. The third kappa shape index (κ3) is 4.47. The number of nitrogens with one attached hydrogen (secondary N) is 2. The Morgan fingerprint density at radius 2 is 1.95 bits per heavy atom. The number of ether oxygens (including phenoxy) is 2. The van der Waals surface area contributed by atoms with Gasteiger partial charge >= 0.3 is 11.9 Å². The zero-order valence-electron chi connectivity index (χ0n) is 20.9. The summed E-state index contributed by atoms with van der Waals surface area (Å²) in [5.74, 6) is -0.563. The fraction of sp³-hybridized carbons (Fsp3) is 0.222. The second kappa shape index (κ2) is 9.83. The molecule has 9 nitrogen and oxygen atoms in total. The molecule has 1 fully saturated rings. The molecule has 5 aromatic rings. The molecule has 2 unspecified atom stereocenters. The van der Waals surface area contributed by atoms with Crippen LogP contribution in [0.1, 0.15) is 24.3 Å². The summed E-state index contributed by atoms with van der Waals surface area (Å²) < 4.78 is 70.9. The number of imidazole rings is 1. The van der Waals surface area contributed by atoms with Crippen molar-refractivity contribution in [2.45, 2.75) is 31.8 Å². The Labute approximate surface area is 224 Å². The average molecular weight is 555 g/mol. The van der Waals surface area contributed by atoms with Crippen LogP contribution in [0.15, 0.2) is 71.8 Å². The van der Waals surface area contributed by atoms with Crippen molar-refractivity contribution in [2.24, 2.45) is 0 Å². The maximum Gasteiger partial charge on any atom is 0.433 e. The fourth-order valence-electron chi connectivity index (χ4n) is 4.78. The van der Waals surface area contributed by atoms with Gasteiger partial charge in [0.15, 0.2) is 28.7 Å². The normalized spacial score (nSPS) is 17.1. The molecule has 0 amide bonds. The van der Waals surface area contributed by atoms with E-state index < -0.39 is 29.8 Å². The second-order valence-electron chi connectivity index (χ2n) is 9.13. The molecule has 2 atom stereocenters. The molecule has 0 bridgehead atoms. The van der Waals surface area contributed by atoms with Crippen LogP contribution in [0.3, 0.4) is 0 Å². The van der Waals surface area contributed by atoms with Crippen molar-refractivity contribution in [3.05, 3.63) is 94.5 Å². The topological polar surface area (TPSA) is 99.0 Å². The number of hydrogen-bond donors (Lipinski definition) is 2. The summed E-state index contributed by atoms with van der Waals surface area (Å²) in [6.45, 7) is 2.26. The Kier molecular flexibility index (Phi) is 6.29. The molecule has 13 heteroatoms. The zero-order valence-corrected chi connectivity index (χ0v) is 20.9. The summed E-state index contributed by atoms with van der Waals surface area (Å²) in [4.78, 5) is 18.9. The predicted octanol–water partition coefficient (Wildman–Crippen LogP) is 5.43. The van der Waals surface area contributed by atoms with Crippen molar-refractivity contribution >= 4 is 16.9 Å². The van der Waals surface area contributed by atoms with Gasteiger partial charge in [0, 0.05) is 36.1 Å². The maximum atomic E-state index is 15.1. The lowest BCUT2D eigenvalue weighted by Crippen LogP contribution is -2.44. The van der Waals surface area contributed by atoms with E-state index in [0.717, 1.165) is 10.9 Å². The van der Waals surface area contributed by atoms with Crippen molar-refractivity contribution in [3.8, 4) is 17.2 Å². The SMILES string of the molecule is CCn1c(=O)[nH]c2nccc(Oc3ccc(NC4COC4c4cnn(-c5ccccc5)c4C(F)(F)F)cc3F)c21. The quantitative estimate of drug-likeness (QED) is 0.260. The van der Waals surface area contributed by atoms with Crippen molar-refractivity contribution < 1.29 is 27.0 Å². The molecule has 206 valence electrons. The summed E-state index contributed by atoms with van der Waals surface area (Å²) in [7, 11) is 0. The monoisotopic (exact) mass is 554 g/mol. The number of aromatic nitrogens is 5. The number of alkyl halides is 3. The molecule has 0 radical (unpaired) electrons. The van der Waals surface area contributed by atoms with Gasteiger partial charge in [0.1, 0.15) is 11.6 Å². The first-order valence-electron chi connectivity index (χ1n) is 12.4. The second-order valence-corrected chi connectivity index (χ2v) is 9.13. The highest BCUT2D eigenvalue weighted by Gasteiger charge is 2.45. The number of benzene rings is 2. The van der Waals surface area contributed by atoms with Crippen LogP contribution in [-0.2, 0) is 17.5 Å². The smallest absolute Gasteiger partial charge is 0.433 e. The number of para-hydroxylation sites is 1. The van der Waals surface area contributed by atoms with Gasteiger partial charge in [-0.2, -0.15) is 18.3 Å². The highest BCUT2D eigenvalue weighted by molar-refractivity contribution is 5.78. The van der Waals surface area contributed by atoms with Gasteiger partial charge in [-0.1, -0.05) is 18.2 Å². The first-order valence-corrected chi connectivity index (χ1v) is 12.4. The van der Waals surface area contributed by atoms with Crippen molar-refractivity contribution in [2.75, 3.05) is 11.9 Å². The van der Waals surface area contributed by atoms with Gasteiger partial charge in [-0.05, 0) is 31.2 Å². The van der Waals surface area contributed by atoms with Crippen molar-refractivity contribution in [1.82, 2.24) is 24.3 Å². The summed E-state index contributed by atoms with van der Waals surface area (Å²) in [6, 6.07) is 13.1.